The third-order valence-corrected chi connectivity index (χ3v) is 13.5. The highest BCUT2D eigenvalue weighted by atomic mass is 16.7. The van der Waals surface area contributed by atoms with Crippen LogP contribution in [0, 0.1) is 0 Å². The molecule has 2 aliphatic rings. The van der Waals surface area contributed by atoms with E-state index >= 15 is 0 Å². The molecule has 0 radical (unpaired) electrons. The van der Waals surface area contributed by atoms with Gasteiger partial charge in [-0.25, -0.2) is 0 Å². The molecule has 2 rings (SSSR count). The summed E-state index contributed by atoms with van der Waals surface area (Å²) in [7, 11) is 0. The maximum Gasteiger partial charge on any atom is 0.220 e. The fourth-order valence-corrected chi connectivity index (χ4v) is 8.82. The van der Waals surface area contributed by atoms with Crippen molar-refractivity contribution in [2.45, 2.75) is 254 Å². The second-order valence-corrected chi connectivity index (χ2v) is 20.0. The molecule has 2 aliphatic heterocycles. The Balaban J connectivity index is 1.56. The molecular formula is C62H103NO13. The number of ether oxygens (including phenoxy) is 4. The van der Waals surface area contributed by atoms with Gasteiger partial charge in [0, 0.05) is 6.42 Å². The van der Waals surface area contributed by atoms with Gasteiger partial charge in [0.2, 0.25) is 5.91 Å². The van der Waals surface area contributed by atoms with Gasteiger partial charge in [0.1, 0.15) is 48.8 Å². The van der Waals surface area contributed by atoms with E-state index in [0.717, 1.165) is 116 Å². The summed E-state index contributed by atoms with van der Waals surface area (Å²) in [6.45, 7) is 2.61. The molecule has 0 aromatic rings. The van der Waals surface area contributed by atoms with Crippen molar-refractivity contribution < 1.29 is 64.6 Å². The highest BCUT2D eigenvalue weighted by Gasteiger charge is 2.51. The van der Waals surface area contributed by atoms with Crippen molar-refractivity contribution in [2.75, 3.05) is 19.8 Å². The molecule has 12 atom stereocenters. The SMILES string of the molecule is CC/C=C\C/C=C\C/C=C\C/C=C\C/C=C\C/C=C\C/C=C\C/C=C\C/C=C\CCCCCCCCCCCC(=O)NC(COC1OC(CO)C(OC2OC(CO)C(O)C(O)C2O)C(O)C1O)C(O)CCCCCCC. The molecule has 2 heterocycles. The molecule has 9 N–H and O–H groups in total. The second-order valence-electron chi connectivity index (χ2n) is 20.0. The number of nitrogens with one attached hydrogen (secondary N) is 1. The Kier molecular flexibility index (Phi) is 42.1. The first kappa shape index (κ1) is 68.8. The lowest BCUT2D eigenvalue weighted by Crippen LogP contribution is -2.65. The summed E-state index contributed by atoms with van der Waals surface area (Å²) < 4.78 is 22.6. The Hall–Kier alpha value is -3.35. The normalized spacial score (nSPS) is 25.7. The van der Waals surface area contributed by atoms with Crippen LogP contribution in [0.15, 0.2) is 109 Å². The van der Waals surface area contributed by atoms with Crippen LogP contribution in [0.2, 0.25) is 0 Å². The van der Waals surface area contributed by atoms with Gasteiger partial charge < -0.3 is 65.1 Å². The predicted octanol–water partition coefficient (Wildman–Crippen LogP) is 9.66. The zero-order valence-electron chi connectivity index (χ0n) is 46.4. The summed E-state index contributed by atoms with van der Waals surface area (Å²) in [5.74, 6) is -0.226. The third-order valence-electron chi connectivity index (χ3n) is 13.5. The van der Waals surface area contributed by atoms with Gasteiger partial charge in [0.05, 0.1) is 32.0 Å². The average Bonchev–Trinajstić information content (AvgIpc) is 3.42. The van der Waals surface area contributed by atoms with Gasteiger partial charge >= 0.3 is 0 Å². The second kappa shape index (κ2) is 46.6. The van der Waals surface area contributed by atoms with Gasteiger partial charge in [-0.2, -0.15) is 0 Å². The van der Waals surface area contributed by atoms with Crippen molar-refractivity contribution in [3.8, 4) is 0 Å². The molecule has 14 heteroatoms. The minimum atomic E-state index is -1.79. The summed E-state index contributed by atoms with van der Waals surface area (Å²) >= 11 is 0. The predicted molar refractivity (Wildman–Crippen MR) is 304 cm³/mol. The van der Waals surface area contributed by atoms with Gasteiger partial charge in [0.15, 0.2) is 12.6 Å². The number of unbranched alkanes of at least 4 members (excludes halogenated alkanes) is 13. The Labute approximate surface area is 457 Å². The molecule has 0 saturated carbocycles. The van der Waals surface area contributed by atoms with Gasteiger partial charge in [-0.3, -0.25) is 4.79 Å². The van der Waals surface area contributed by atoms with Crippen LogP contribution in [0.1, 0.15) is 181 Å². The lowest BCUT2D eigenvalue weighted by atomic mass is 9.97. The number of hydrogen-bond donors (Lipinski definition) is 9. The van der Waals surface area contributed by atoms with Gasteiger partial charge in [0.25, 0.3) is 0 Å². The Morgan fingerprint density at radius 1 is 0.487 bits per heavy atom. The van der Waals surface area contributed by atoms with Crippen molar-refractivity contribution in [1.29, 1.82) is 0 Å². The van der Waals surface area contributed by atoms with Crippen molar-refractivity contribution in [3.05, 3.63) is 109 Å². The fourth-order valence-electron chi connectivity index (χ4n) is 8.82. The van der Waals surface area contributed by atoms with Crippen LogP contribution in [-0.2, 0) is 23.7 Å². The van der Waals surface area contributed by atoms with Crippen LogP contribution in [0.5, 0.6) is 0 Å². The van der Waals surface area contributed by atoms with Crippen LogP contribution >= 0.6 is 0 Å². The van der Waals surface area contributed by atoms with E-state index < -0.39 is 86.8 Å². The van der Waals surface area contributed by atoms with E-state index in [0.29, 0.717) is 12.8 Å². The largest absolute Gasteiger partial charge is 0.394 e. The zero-order valence-corrected chi connectivity index (χ0v) is 46.4. The Morgan fingerprint density at radius 2 is 0.908 bits per heavy atom. The fraction of sp³-hybridized carbons (Fsp3) is 0.694. The van der Waals surface area contributed by atoms with Crippen LogP contribution in [0.4, 0.5) is 0 Å². The number of aliphatic hydroxyl groups excluding tert-OH is 8. The first-order valence-corrected chi connectivity index (χ1v) is 29.1. The maximum absolute atomic E-state index is 13.1. The number of carbonyl (C=O) groups excluding carboxylic acids is 1. The average molecular weight is 1070 g/mol. The molecule has 2 fully saturated rings. The maximum atomic E-state index is 13.1. The summed E-state index contributed by atoms with van der Waals surface area (Å²) in [4.78, 5) is 13.1. The van der Waals surface area contributed by atoms with Crippen molar-refractivity contribution >= 4 is 5.91 Å². The molecule has 2 saturated heterocycles. The molecule has 76 heavy (non-hydrogen) atoms. The standard InChI is InChI=1S/C62H103NO13/c1-3-5-7-9-10-11-12-13-14-15-16-17-18-19-20-21-22-23-24-25-26-27-28-29-30-31-32-33-34-35-36-37-38-39-40-42-44-46-54(67)63-50(51(66)45-43-41-8-6-4-2)49-73-61-59(72)57(70)60(53(48-65)75-61)76-62-58(71)56(69)55(68)52(47-64)74-62/h5,7,10-11,13-14,16-17,19-20,22-23,25-26,28-29,31-32,50-53,55-62,64-66,68-72H,3-4,6,8-9,12,15,18,21,24,27,30,33-49H2,1-2H3,(H,63,67)/b7-5-,11-10-,14-13-,17-16-,20-19-,23-22-,26-25-,29-28-,32-31-. The van der Waals surface area contributed by atoms with E-state index in [-0.39, 0.29) is 18.9 Å². The zero-order chi connectivity index (χ0) is 55.3. The molecule has 12 unspecified atom stereocenters. The Bertz CT molecular complexity index is 1690. The van der Waals surface area contributed by atoms with Crippen LogP contribution < -0.4 is 5.32 Å². The van der Waals surface area contributed by atoms with Gasteiger partial charge in [-0.1, -0.05) is 200 Å². The summed E-state index contributed by atoms with van der Waals surface area (Å²) in [6, 6.07) is -0.835. The number of hydrogen-bond acceptors (Lipinski definition) is 13. The molecule has 0 aliphatic carbocycles. The van der Waals surface area contributed by atoms with Crippen molar-refractivity contribution in [2.24, 2.45) is 0 Å². The lowest BCUT2D eigenvalue weighted by Gasteiger charge is -2.46. The quantitative estimate of drug-likeness (QED) is 0.0205. The smallest absolute Gasteiger partial charge is 0.220 e. The summed E-state index contributed by atoms with van der Waals surface area (Å²) in [6.07, 6.45) is 48.9. The number of aliphatic hydroxyl groups is 8. The number of rotatable bonds is 44. The first-order chi connectivity index (χ1) is 37.1. The topological polar surface area (TPSA) is 228 Å². The van der Waals surface area contributed by atoms with Crippen LogP contribution in [0.3, 0.4) is 0 Å². The van der Waals surface area contributed by atoms with Gasteiger partial charge in [-0.05, 0) is 83.5 Å². The van der Waals surface area contributed by atoms with Crippen LogP contribution in [0.25, 0.3) is 0 Å². The summed E-state index contributed by atoms with van der Waals surface area (Å²) in [5, 5.41) is 86.5. The van der Waals surface area contributed by atoms with E-state index in [1.165, 1.54) is 32.1 Å². The third kappa shape index (κ3) is 31.9. The van der Waals surface area contributed by atoms with E-state index in [4.69, 9.17) is 18.9 Å². The minimum Gasteiger partial charge on any atom is -0.394 e. The highest BCUT2D eigenvalue weighted by Crippen LogP contribution is 2.30. The monoisotopic (exact) mass is 1070 g/mol. The van der Waals surface area contributed by atoms with E-state index in [2.05, 4.69) is 129 Å². The van der Waals surface area contributed by atoms with Crippen molar-refractivity contribution in [3.63, 3.8) is 0 Å². The number of allylic oxidation sites excluding steroid dienone is 18. The molecule has 0 aromatic carbocycles. The van der Waals surface area contributed by atoms with Crippen LogP contribution in [-0.4, -0.2) is 140 Å². The van der Waals surface area contributed by atoms with Crippen molar-refractivity contribution in [1.82, 2.24) is 5.32 Å². The molecule has 434 valence electrons. The lowest BCUT2D eigenvalue weighted by molar-refractivity contribution is -0.359. The highest BCUT2D eigenvalue weighted by molar-refractivity contribution is 5.76. The Morgan fingerprint density at radius 3 is 1.39 bits per heavy atom. The van der Waals surface area contributed by atoms with E-state index in [9.17, 15) is 45.6 Å². The molecule has 1 amide bonds. The molecule has 0 bridgehead atoms. The first-order valence-electron chi connectivity index (χ1n) is 29.1. The minimum absolute atomic E-state index is 0.226. The number of carbonyl (C=O) groups is 1. The van der Waals surface area contributed by atoms with E-state index in [1.807, 2.05) is 0 Å². The molecule has 0 aromatic heterocycles. The summed E-state index contributed by atoms with van der Waals surface area (Å²) in [5.41, 5.74) is 0. The molecular weight excluding hydrogens is 967 g/mol. The molecule has 14 nitrogen and oxygen atoms in total. The number of amides is 1. The van der Waals surface area contributed by atoms with E-state index in [1.54, 1.807) is 0 Å². The molecule has 0 spiro atoms. The van der Waals surface area contributed by atoms with Gasteiger partial charge in [-0.15, -0.1) is 0 Å².